The van der Waals surface area contributed by atoms with Crippen LogP contribution in [0.1, 0.15) is 38.5 Å². The summed E-state index contributed by atoms with van der Waals surface area (Å²) in [6, 6.07) is 0.0176. The topological polar surface area (TPSA) is 66.6 Å². The Morgan fingerprint density at radius 3 is 2.73 bits per heavy atom. The molecular formula is C11H22N2O2. The molecule has 88 valence electrons. The number of rotatable bonds is 4. The van der Waals surface area contributed by atoms with Crippen molar-refractivity contribution >= 4 is 5.91 Å². The Labute approximate surface area is 91.4 Å². The molecule has 0 aromatic rings. The highest BCUT2D eigenvalue weighted by Crippen LogP contribution is 2.22. The molecule has 1 aliphatic rings. The van der Waals surface area contributed by atoms with Gasteiger partial charge in [-0.3, -0.25) is 4.79 Å². The molecule has 3 N–H and O–H groups in total. The van der Waals surface area contributed by atoms with E-state index < -0.39 is 0 Å². The Balaban J connectivity index is 2.42. The minimum absolute atomic E-state index is 0.0176. The fourth-order valence-electron chi connectivity index (χ4n) is 2.16. The maximum Gasteiger partial charge on any atom is 0.222 e. The van der Waals surface area contributed by atoms with Gasteiger partial charge in [-0.15, -0.1) is 0 Å². The molecule has 0 spiro atoms. The van der Waals surface area contributed by atoms with Crippen molar-refractivity contribution in [1.82, 2.24) is 4.90 Å². The third-order valence-electron chi connectivity index (χ3n) is 3.18. The smallest absolute Gasteiger partial charge is 0.222 e. The molecule has 4 nitrogen and oxygen atoms in total. The van der Waals surface area contributed by atoms with Crippen molar-refractivity contribution in [2.24, 2.45) is 5.73 Å². The molecule has 1 rings (SSSR count). The van der Waals surface area contributed by atoms with Crippen molar-refractivity contribution in [3.05, 3.63) is 0 Å². The van der Waals surface area contributed by atoms with Crippen LogP contribution < -0.4 is 5.73 Å². The van der Waals surface area contributed by atoms with Crippen LogP contribution in [0.3, 0.4) is 0 Å². The first-order chi connectivity index (χ1) is 7.16. The molecule has 0 radical (unpaired) electrons. The van der Waals surface area contributed by atoms with Crippen LogP contribution >= 0.6 is 0 Å². The van der Waals surface area contributed by atoms with Gasteiger partial charge in [0.1, 0.15) is 0 Å². The zero-order valence-corrected chi connectivity index (χ0v) is 9.48. The lowest BCUT2D eigenvalue weighted by Gasteiger charge is -2.35. The standard InChI is InChI=1S/C11H22N2O2/c1-13(11(15)7-4-8-12)9-5-2-3-6-10(9)14/h9-10,14H,2-8,12H2,1H3. The van der Waals surface area contributed by atoms with Crippen molar-refractivity contribution in [1.29, 1.82) is 0 Å². The van der Waals surface area contributed by atoms with E-state index in [9.17, 15) is 9.90 Å². The fourth-order valence-corrected chi connectivity index (χ4v) is 2.16. The van der Waals surface area contributed by atoms with E-state index >= 15 is 0 Å². The highest BCUT2D eigenvalue weighted by molar-refractivity contribution is 5.76. The second-order valence-corrected chi connectivity index (χ2v) is 4.32. The number of likely N-dealkylation sites (N-methyl/N-ethyl adjacent to an activating group) is 1. The number of amides is 1. The van der Waals surface area contributed by atoms with Gasteiger partial charge in [0.2, 0.25) is 5.91 Å². The highest BCUT2D eigenvalue weighted by atomic mass is 16.3. The van der Waals surface area contributed by atoms with Crippen LogP contribution in [0.25, 0.3) is 0 Å². The van der Waals surface area contributed by atoms with Crippen LogP contribution in [0.15, 0.2) is 0 Å². The predicted octanol–water partition coefficient (Wildman–Crippen LogP) is 0.487. The zero-order chi connectivity index (χ0) is 11.3. The third-order valence-corrected chi connectivity index (χ3v) is 3.18. The summed E-state index contributed by atoms with van der Waals surface area (Å²) in [6.07, 6.45) is 4.80. The zero-order valence-electron chi connectivity index (χ0n) is 9.48. The van der Waals surface area contributed by atoms with Gasteiger partial charge in [-0.25, -0.2) is 0 Å². The van der Waals surface area contributed by atoms with Gasteiger partial charge in [0.25, 0.3) is 0 Å². The van der Waals surface area contributed by atoms with E-state index in [1.165, 1.54) is 0 Å². The van der Waals surface area contributed by atoms with Crippen LogP contribution in [0.5, 0.6) is 0 Å². The molecule has 1 aliphatic carbocycles. The Morgan fingerprint density at radius 1 is 1.47 bits per heavy atom. The number of aliphatic hydroxyl groups is 1. The van der Waals surface area contributed by atoms with Gasteiger partial charge in [-0.1, -0.05) is 12.8 Å². The molecule has 0 aromatic carbocycles. The maximum atomic E-state index is 11.7. The second kappa shape index (κ2) is 6.08. The molecule has 0 bridgehead atoms. The van der Waals surface area contributed by atoms with Crippen LogP contribution in [-0.4, -0.2) is 41.7 Å². The molecular weight excluding hydrogens is 192 g/mol. The van der Waals surface area contributed by atoms with Gasteiger partial charge in [0.05, 0.1) is 12.1 Å². The van der Waals surface area contributed by atoms with E-state index in [1.807, 2.05) is 0 Å². The highest BCUT2D eigenvalue weighted by Gasteiger charge is 2.28. The summed E-state index contributed by atoms with van der Waals surface area (Å²) >= 11 is 0. The molecule has 0 aromatic heterocycles. The number of aliphatic hydroxyl groups excluding tert-OH is 1. The fraction of sp³-hybridized carbons (Fsp3) is 0.909. The summed E-state index contributed by atoms with van der Waals surface area (Å²) in [7, 11) is 1.79. The number of nitrogens with two attached hydrogens (primary N) is 1. The van der Waals surface area contributed by atoms with Crippen LogP contribution in [-0.2, 0) is 4.79 Å². The number of hydrogen-bond acceptors (Lipinski definition) is 3. The Hall–Kier alpha value is -0.610. The van der Waals surface area contributed by atoms with E-state index in [0.717, 1.165) is 32.1 Å². The average Bonchev–Trinajstić information content (AvgIpc) is 2.25. The summed E-state index contributed by atoms with van der Waals surface area (Å²) in [4.78, 5) is 13.4. The molecule has 0 aliphatic heterocycles. The predicted molar refractivity (Wildman–Crippen MR) is 59.3 cm³/mol. The lowest BCUT2D eigenvalue weighted by atomic mass is 9.91. The first-order valence-corrected chi connectivity index (χ1v) is 5.80. The largest absolute Gasteiger partial charge is 0.391 e. The maximum absolute atomic E-state index is 11.7. The molecule has 0 heterocycles. The summed E-state index contributed by atoms with van der Waals surface area (Å²) < 4.78 is 0. The monoisotopic (exact) mass is 214 g/mol. The molecule has 2 atom stereocenters. The molecule has 4 heteroatoms. The van der Waals surface area contributed by atoms with Crippen molar-refractivity contribution in [3.8, 4) is 0 Å². The number of nitrogens with zero attached hydrogens (tertiary/aromatic N) is 1. The van der Waals surface area contributed by atoms with E-state index in [-0.39, 0.29) is 18.1 Å². The summed E-state index contributed by atoms with van der Waals surface area (Å²) in [6.45, 7) is 0.548. The van der Waals surface area contributed by atoms with Crippen LogP contribution in [0.4, 0.5) is 0 Å². The number of carbonyl (C=O) groups is 1. The molecule has 1 amide bonds. The molecule has 15 heavy (non-hydrogen) atoms. The van der Waals surface area contributed by atoms with Crippen molar-refractivity contribution in [2.45, 2.75) is 50.7 Å². The van der Waals surface area contributed by atoms with Gasteiger partial charge >= 0.3 is 0 Å². The van der Waals surface area contributed by atoms with Crippen LogP contribution in [0, 0.1) is 0 Å². The minimum Gasteiger partial charge on any atom is -0.391 e. The van der Waals surface area contributed by atoms with Gasteiger partial charge < -0.3 is 15.7 Å². The van der Waals surface area contributed by atoms with Crippen molar-refractivity contribution in [2.75, 3.05) is 13.6 Å². The number of carbonyl (C=O) groups excluding carboxylic acids is 1. The van der Waals surface area contributed by atoms with E-state index in [2.05, 4.69) is 0 Å². The lowest BCUT2D eigenvalue weighted by molar-refractivity contribution is -0.135. The first kappa shape index (κ1) is 12.5. The minimum atomic E-state index is -0.342. The Kier molecular flexibility index (Phi) is 5.05. The van der Waals surface area contributed by atoms with Gasteiger partial charge in [0, 0.05) is 13.5 Å². The van der Waals surface area contributed by atoms with Crippen LogP contribution in [0.2, 0.25) is 0 Å². The summed E-state index contributed by atoms with van der Waals surface area (Å²) in [5.41, 5.74) is 5.36. The van der Waals surface area contributed by atoms with Crippen molar-refractivity contribution < 1.29 is 9.90 Å². The number of hydrogen-bond donors (Lipinski definition) is 2. The van der Waals surface area contributed by atoms with Gasteiger partial charge in [-0.05, 0) is 25.8 Å². The SMILES string of the molecule is CN(C(=O)CCCN)C1CCCCC1O. The summed E-state index contributed by atoms with van der Waals surface area (Å²) in [5, 5.41) is 9.80. The Bertz CT molecular complexity index is 209. The third kappa shape index (κ3) is 3.47. The molecule has 1 fully saturated rings. The average molecular weight is 214 g/mol. The van der Waals surface area contributed by atoms with Gasteiger partial charge in [-0.2, -0.15) is 0 Å². The van der Waals surface area contributed by atoms with Crippen molar-refractivity contribution in [3.63, 3.8) is 0 Å². The normalized spacial score (nSPS) is 26.3. The Morgan fingerprint density at radius 2 is 2.13 bits per heavy atom. The van der Waals surface area contributed by atoms with Gasteiger partial charge in [0.15, 0.2) is 0 Å². The molecule has 2 unspecified atom stereocenters. The summed E-state index contributed by atoms with van der Waals surface area (Å²) in [5.74, 6) is 0.103. The van der Waals surface area contributed by atoms with E-state index in [1.54, 1.807) is 11.9 Å². The first-order valence-electron chi connectivity index (χ1n) is 5.80. The van der Waals surface area contributed by atoms with E-state index in [0.29, 0.717) is 13.0 Å². The second-order valence-electron chi connectivity index (χ2n) is 4.32. The van der Waals surface area contributed by atoms with E-state index in [4.69, 9.17) is 5.73 Å². The quantitative estimate of drug-likeness (QED) is 0.715. The lowest BCUT2D eigenvalue weighted by Crippen LogP contribution is -2.46. The molecule has 1 saturated carbocycles. The molecule has 0 saturated heterocycles.